The van der Waals surface area contributed by atoms with Gasteiger partial charge in [0.25, 0.3) is 5.91 Å². The Morgan fingerprint density at radius 1 is 1.42 bits per heavy atom. The Kier molecular flexibility index (Phi) is 4.12. The van der Waals surface area contributed by atoms with Crippen molar-refractivity contribution in [3.8, 4) is 0 Å². The molecule has 1 amide bonds. The number of aromatic nitrogens is 3. The highest BCUT2D eigenvalue weighted by atomic mass is 16.1. The van der Waals surface area contributed by atoms with E-state index in [1.165, 1.54) is 11.8 Å². The predicted molar refractivity (Wildman–Crippen MR) is 72.6 cm³/mol. The molecular formula is C13H17N5O. The summed E-state index contributed by atoms with van der Waals surface area (Å²) in [6.07, 6.45) is 5.04. The maximum absolute atomic E-state index is 11.8. The van der Waals surface area contributed by atoms with Crippen molar-refractivity contribution in [3.63, 3.8) is 0 Å². The Labute approximate surface area is 111 Å². The number of aromatic amines is 1. The number of hydrogen-bond acceptors (Lipinski definition) is 4. The van der Waals surface area contributed by atoms with E-state index in [-0.39, 0.29) is 5.91 Å². The molecule has 2 aromatic heterocycles. The van der Waals surface area contributed by atoms with Crippen molar-refractivity contribution in [1.29, 1.82) is 0 Å². The van der Waals surface area contributed by atoms with E-state index in [0.717, 1.165) is 18.5 Å². The van der Waals surface area contributed by atoms with Gasteiger partial charge in [0.2, 0.25) is 0 Å². The highest BCUT2D eigenvalue weighted by Gasteiger charge is 2.06. The zero-order chi connectivity index (χ0) is 13.7. The van der Waals surface area contributed by atoms with Crippen LogP contribution in [0.15, 0.2) is 24.5 Å². The minimum Gasteiger partial charge on any atom is -0.397 e. The van der Waals surface area contributed by atoms with Crippen LogP contribution in [0.25, 0.3) is 0 Å². The topological polar surface area (TPSA) is 96.7 Å². The third kappa shape index (κ3) is 3.54. The number of pyridine rings is 1. The maximum Gasteiger partial charge on any atom is 0.269 e. The molecule has 0 aromatic carbocycles. The molecule has 100 valence electrons. The summed E-state index contributed by atoms with van der Waals surface area (Å²) in [6.45, 7) is 2.59. The number of H-pyrrole nitrogens is 1. The number of rotatable bonds is 5. The number of hydrogen-bond donors (Lipinski definition) is 3. The Hall–Kier alpha value is -2.37. The van der Waals surface area contributed by atoms with Gasteiger partial charge < -0.3 is 11.1 Å². The van der Waals surface area contributed by atoms with Crippen LogP contribution in [0.2, 0.25) is 0 Å². The lowest BCUT2D eigenvalue weighted by Crippen LogP contribution is -2.25. The first-order chi connectivity index (χ1) is 9.16. The predicted octanol–water partition coefficient (Wildman–Crippen LogP) is 1.06. The molecule has 0 saturated carbocycles. The molecular weight excluding hydrogens is 242 g/mol. The van der Waals surface area contributed by atoms with Gasteiger partial charge in [0, 0.05) is 12.2 Å². The van der Waals surface area contributed by atoms with Gasteiger partial charge >= 0.3 is 0 Å². The third-order valence-electron chi connectivity index (χ3n) is 2.86. The zero-order valence-electron chi connectivity index (χ0n) is 10.8. The molecule has 2 heterocycles. The fourth-order valence-corrected chi connectivity index (χ4v) is 1.74. The summed E-state index contributed by atoms with van der Waals surface area (Å²) >= 11 is 0. The number of nitrogens with one attached hydrogen (secondary N) is 2. The molecule has 19 heavy (non-hydrogen) atoms. The lowest BCUT2D eigenvalue weighted by molar-refractivity contribution is 0.0948. The van der Waals surface area contributed by atoms with Crippen molar-refractivity contribution in [2.45, 2.75) is 19.8 Å². The summed E-state index contributed by atoms with van der Waals surface area (Å²) in [5.74, 6) is -0.177. The minimum absolute atomic E-state index is 0.177. The number of carbonyl (C=O) groups is 1. The van der Waals surface area contributed by atoms with Gasteiger partial charge in [0.1, 0.15) is 5.69 Å². The van der Waals surface area contributed by atoms with Gasteiger partial charge in [0.15, 0.2) is 0 Å². The SMILES string of the molecule is Cc1[nH]ncc1CCCNC(=O)c1ccc(N)cn1. The Balaban J connectivity index is 1.75. The molecule has 0 fully saturated rings. The van der Waals surface area contributed by atoms with E-state index in [9.17, 15) is 4.79 Å². The molecule has 6 nitrogen and oxygen atoms in total. The van der Waals surface area contributed by atoms with E-state index in [2.05, 4.69) is 20.5 Å². The molecule has 0 unspecified atom stereocenters. The van der Waals surface area contributed by atoms with Crippen LogP contribution in [0.3, 0.4) is 0 Å². The highest BCUT2D eigenvalue weighted by molar-refractivity contribution is 5.92. The fraction of sp³-hybridized carbons (Fsp3) is 0.308. The lowest BCUT2D eigenvalue weighted by Gasteiger charge is -2.04. The normalized spacial score (nSPS) is 10.4. The molecule has 0 radical (unpaired) electrons. The fourth-order valence-electron chi connectivity index (χ4n) is 1.74. The van der Waals surface area contributed by atoms with Crippen LogP contribution in [-0.2, 0) is 6.42 Å². The van der Waals surface area contributed by atoms with Crippen molar-refractivity contribution in [1.82, 2.24) is 20.5 Å². The third-order valence-corrected chi connectivity index (χ3v) is 2.86. The van der Waals surface area contributed by atoms with Gasteiger partial charge in [-0.25, -0.2) is 4.98 Å². The number of aryl methyl sites for hydroxylation is 2. The second-order valence-corrected chi connectivity index (χ2v) is 4.36. The number of anilines is 1. The van der Waals surface area contributed by atoms with Crippen LogP contribution >= 0.6 is 0 Å². The van der Waals surface area contributed by atoms with Crippen LogP contribution in [0.4, 0.5) is 5.69 Å². The lowest BCUT2D eigenvalue weighted by atomic mass is 10.1. The van der Waals surface area contributed by atoms with Crippen LogP contribution in [0.5, 0.6) is 0 Å². The molecule has 0 saturated heterocycles. The largest absolute Gasteiger partial charge is 0.397 e. The minimum atomic E-state index is -0.177. The van der Waals surface area contributed by atoms with Gasteiger partial charge in [-0.2, -0.15) is 5.10 Å². The average Bonchev–Trinajstić information content (AvgIpc) is 2.81. The first-order valence-corrected chi connectivity index (χ1v) is 6.15. The van der Waals surface area contributed by atoms with E-state index < -0.39 is 0 Å². The Morgan fingerprint density at radius 3 is 2.89 bits per heavy atom. The summed E-state index contributed by atoms with van der Waals surface area (Å²) < 4.78 is 0. The monoisotopic (exact) mass is 259 g/mol. The van der Waals surface area contributed by atoms with Crippen molar-refractivity contribution < 1.29 is 4.79 Å². The van der Waals surface area contributed by atoms with E-state index in [0.29, 0.717) is 17.9 Å². The van der Waals surface area contributed by atoms with E-state index >= 15 is 0 Å². The smallest absolute Gasteiger partial charge is 0.269 e. The molecule has 0 aliphatic carbocycles. The first kappa shape index (κ1) is 13.1. The van der Waals surface area contributed by atoms with Crippen molar-refractivity contribution >= 4 is 11.6 Å². The first-order valence-electron chi connectivity index (χ1n) is 6.15. The van der Waals surface area contributed by atoms with Crippen LogP contribution in [0.1, 0.15) is 28.2 Å². The Morgan fingerprint density at radius 2 is 2.26 bits per heavy atom. The molecule has 0 spiro atoms. The van der Waals surface area contributed by atoms with E-state index in [1.54, 1.807) is 12.1 Å². The van der Waals surface area contributed by atoms with Crippen molar-refractivity contribution in [2.24, 2.45) is 0 Å². The van der Waals surface area contributed by atoms with Crippen molar-refractivity contribution in [3.05, 3.63) is 41.5 Å². The molecule has 2 aromatic rings. The van der Waals surface area contributed by atoms with Gasteiger partial charge in [-0.3, -0.25) is 9.89 Å². The quantitative estimate of drug-likeness (QED) is 0.699. The van der Waals surface area contributed by atoms with Gasteiger partial charge in [-0.1, -0.05) is 0 Å². The van der Waals surface area contributed by atoms with Crippen LogP contribution in [0, 0.1) is 6.92 Å². The molecule has 6 heteroatoms. The van der Waals surface area contributed by atoms with Crippen molar-refractivity contribution in [2.75, 3.05) is 12.3 Å². The van der Waals surface area contributed by atoms with Crippen LogP contribution < -0.4 is 11.1 Å². The number of nitrogens with two attached hydrogens (primary N) is 1. The number of nitrogen functional groups attached to an aromatic ring is 1. The number of amides is 1. The summed E-state index contributed by atoms with van der Waals surface area (Å²) in [4.78, 5) is 15.7. The van der Waals surface area contributed by atoms with Crippen LogP contribution in [-0.4, -0.2) is 27.6 Å². The average molecular weight is 259 g/mol. The zero-order valence-corrected chi connectivity index (χ0v) is 10.8. The van der Waals surface area contributed by atoms with Gasteiger partial charge in [0.05, 0.1) is 18.1 Å². The maximum atomic E-state index is 11.8. The van der Waals surface area contributed by atoms with Gasteiger partial charge in [-0.05, 0) is 37.5 Å². The molecule has 0 bridgehead atoms. The second-order valence-electron chi connectivity index (χ2n) is 4.36. The molecule has 0 aliphatic heterocycles. The highest BCUT2D eigenvalue weighted by Crippen LogP contribution is 2.05. The van der Waals surface area contributed by atoms with E-state index in [1.807, 2.05) is 13.1 Å². The standard InChI is InChI=1S/C13H17N5O/c1-9-10(7-17-18-9)3-2-6-15-13(19)12-5-4-11(14)8-16-12/h4-5,7-8H,2-3,6,14H2,1H3,(H,15,19)(H,17,18). The van der Waals surface area contributed by atoms with Gasteiger partial charge in [-0.15, -0.1) is 0 Å². The summed E-state index contributed by atoms with van der Waals surface area (Å²) in [5, 5.41) is 9.67. The summed E-state index contributed by atoms with van der Waals surface area (Å²) in [6, 6.07) is 3.28. The molecule has 2 rings (SSSR count). The molecule has 0 aliphatic rings. The Bertz CT molecular complexity index is 546. The molecule has 0 atom stereocenters. The van der Waals surface area contributed by atoms with E-state index in [4.69, 9.17) is 5.73 Å². The number of carbonyl (C=O) groups excluding carboxylic acids is 1. The molecule has 4 N–H and O–H groups in total. The number of nitrogens with zero attached hydrogens (tertiary/aromatic N) is 2. The second kappa shape index (κ2) is 5.99. The summed E-state index contributed by atoms with van der Waals surface area (Å²) in [7, 11) is 0. The summed E-state index contributed by atoms with van der Waals surface area (Å²) in [5.41, 5.74) is 8.70.